The lowest BCUT2D eigenvalue weighted by Gasteiger charge is -2.32. The zero-order valence-corrected chi connectivity index (χ0v) is 20.5. The van der Waals surface area contributed by atoms with E-state index in [-0.39, 0.29) is 17.0 Å². The minimum absolute atomic E-state index is 0. The molecule has 5 rings (SSSR count). The van der Waals surface area contributed by atoms with E-state index < -0.39 is 11.6 Å². The fourth-order valence-electron chi connectivity index (χ4n) is 5.36. The number of nitrogens with zero attached hydrogens (tertiary/aromatic N) is 1. The Hall–Kier alpha value is -1.99. The third-order valence-electron chi connectivity index (χ3n) is 6.99. The van der Waals surface area contributed by atoms with Crippen molar-refractivity contribution in [1.29, 1.82) is 0 Å². The largest absolute Gasteiger partial charge is 1.00 e. The van der Waals surface area contributed by atoms with Crippen LogP contribution in [0.25, 0.3) is 0 Å². The fraction of sp³-hybridized carbons (Fsp3) is 0.346. The lowest BCUT2D eigenvalue weighted by atomic mass is 9.92. The number of aliphatic hydroxyl groups is 1. The lowest BCUT2D eigenvalue weighted by Crippen LogP contribution is -3.00. The number of fused-ring (bicyclic) bond motifs is 1. The Bertz CT molecular complexity index is 1030. The summed E-state index contributed by atoms with van der Waals surface area (Å²) in [4.78, 5) is 13.7. The molecule has 0 spiro atoms. The molecule has 3 unspecified atom stereocenters. The van der Waals surface area contributed by atoms with Crippen molar-refractivity contribution in [3.63, 3.8) is 0 Å². The summed E-state index contributed by atoms with van der Waals surface area (Å²) in [5, 5.41) is 13.3. The molecule has 32 heavy (non-hydrogen) atoms. The molecule has 1 aliphatic heterocycles. The number of thiophene rings is 1. The van der Waals surface area contributed by atoms with Gasteiger partial charge in [-0.1, -0.05) is 66.7 Å². The second-order valence-electron chi connectivity index (χ2n) is 9.27. The standard InChI is InChI=1S/C26H28NO3S.BrH/c1-27(15-19-9-4-2-5-10-19)16-21-22(17-27)23(21)18-30-25(28)26(29,24-13-8-14-31-24)20-11-6-3-7-12-20;/h2-14,21-23,29H,15-18H2,1H3;1H/q+1;/p-1. The van der Waals surface area contributed by atoms with E-state index in [1.165, 1.54) is 16.9 Å². The number of halogens is 1. The molecule has 3 atom stereocenters. The summed E-state index contributed by atoms with van der Waals surface area (Å²) in [6, 6.07) is 23.4. The van der Waals surface area contributed by atoms with Crippen LogP contribution >= 0.6 is 11.3 Å². The van der Waals surface area contributed by atoms with Gasteiger partial charge in [0.05, 0.1) is 31.6 Å². The van der Waals surface area contributed by atoms with Gasteiger partial charge in [-0.05, 0) is 11.4 Å². The predicted octanol–water partition coefficient (Wildman–Crippen LogP) is 1.05. The number of rotatable bonds is 7. The van der Waals surface area contributed by atoms with Crippen molar-refractivity contribution < 1.29 is 36.1 Å². The van der Waals surface area contributed by atoms with E-state index in [0.29, 0.717) is 34.8 Å². The van der Waals surface area contributed by atoms with Gasteiger partial charge in [0.1, 0.15) is 6.54 Å². The first-order valence-corrected chi connectivity index (χ1v) is 11.7. The van der Waals surface area contributed by atoms with Crippen molar-refractivity contribution in [2.45, 2.75) is 12.1 Å². The minimum atomic E-state index is -1.75. The van der Waals surface area contributed by atoms with Crippen LogP contribution in [0, 0.1) is 17.8 Å². The third-order valence-corrected chi connectivity index (χ3v) is 7.97. The monoisotopic (exact) mass is 513 g/mol. The van der Waals surface area contributed by atoms with E-state index in [1.807, 2.05) is 29.6 Å². The molecule has 6 heteroatoms. The SMILES string of the molecule is C[N+]1(Cc2ccccc2)CC2C(COC(=O)C(O)(c3ccccc3)c3cccs3)C2C1.[Br-]. The summed E-state index contributed by atoms with van der Waals surface area (Å²) in [6.07, 6.45) is 0. The van der Waals surface area contributed by atoms with Crippen molar-refractivity contribution in [1.82, 2.24) is 0 Å². The summed E-state index contributed by atoms with van der Waals surface area (Å²) in [5.74, 6) is 1.04. The second kappa shape index (κ2) is 9.10. The third kappa shape index (κ3) is 4.29. The Kier molecular flexibility index (Phi) is 6.59. The number of likely N-dealkylation sites (tertiary alicyclic amines) is 1. The van der Waals surface area contributed by atoms with Crippen molar-refractivity contribution in [3.8, 4) is 0 Å². The molecule has 2 aromatic carbocycles. The zero-order valence-electron chi connectivity index (χ0n) is 18.1. The number of ether oxygens (including phenoxy) is 1. The zero-order chi connectivity index (χ0) is 21.5. The lowest BCUT2D eigenvalue weighted by molar-refractivity contribution is -0.916. The highest BCUT2D eigenvalue weighted by Gasteiger charge is 2.62. The molecule has 0 radical (unpaired) electrons. The number of benzene rings is 2. The fourth-order valence-corrected chi connectivity index (χ4v) is 6.19. The molecule has 1 aromatic heterocycles. The van der Waals surface area contributed by atoms with E-state index in [2.05, 4.69) is 37.4 Å². The van der Waals surface area contributed by atoms with Crippen molar-refractivity contribution in [3.05, 3.63) is 94.2 Å². The highest BCUT2D eigenvalue weighted by molar-refractivity contribution is 7.10. The highest BCUT2D eigenvalue weighted by Crippen LogP contribution is 2.54. The second-order valence-corrected chi connectivity index (χ2v) is 10.2. The van der Waals surface area contributed by atoms with Gasteiger partial charge in [0.2, 0.25) is 5.60 Å². The van der Waals surface area contributed by atoms with Crippen LogP contribution in [0.15, 0.2) is 78.2 Å². The van der Waals surface area contributed by atoms with E-state index in [1.54, 1.807) is 18.2 Å². The van der Waals surface area contributed by atoms with Gasteiger partial charge in [0.25, 0.3) is 0 Å². The number of piperidine rings is 1. The maximum Gasteiger partial charge on any atom is 0.348 e. The Balaban J connectivity index is 0.00000245. The molecule has 2 aliphatic rings. The van der Waals surface area contributed by atoms with Gasteiger partial charge in [-0.25, -0.2) is 4.79 Å². The minimum Gasteiger partial charge on any atom is -1.00 e. The number of hydrogen-bond donors (Lipinski definition) is 1. The summed E-state index contributed by atoms with van der Waals surface area (Å²) >= 11 is 1.37. The number of hydrogen-bond acceptors (Lipinski definition) is 4. The van der Waals surface area contributed by atoms with Crippen LogP contribution in [0.3, 0.4) is 0 Å². The smallest absolute Gasteiger partial charge is 0.348 e. The van der Waals surface area contributed by atoms with Gasteiger partial charge in [0.15, 0.2) is 0 Å². The van der Waals surface area contributed by atoms with Gasteiger partial charge >= 0.3 is 5.97 Å². The molecule has 168 valence electrons. The predicted molar refractivity (Wildman–Crippen MR) is 121 cm³/mol. The molecule has 4 nitrogen and oxygen atoms in total. The molecule has 1 saturated heterocycles. The number of carbonyl (C=O) groups is 1. The summed E-state index contributed by atoms with van der Waals surface area (Å²) in [5.41, 5.74) is 0.167. The molecule has 0 amide bonds. The van der Waals surface area contributed by atoms with E-state index in [4.69, 9.17) is 4.74 Å². The first kappa shape index (κ1) is 23.2. The van der Waals surface area contributed by atoms with Crippen LogP contribution in [0.4, 0.5) is 0 Å². The van der Waals surface area contributed by atoms with Crippen molar-refractivity contribution in [2.75, 3.05) is 26.7 Å². The van der Waals surface area contributed by atoms with Gasteiger partial charge in [-0.15, -0.1) is 11.3 Å². The molecule has 1 aliphatic carbocycles. The number of esters is 1. The maximum atomic E-state index is 13.1. The van der Waals surface area contributed by atoms with Crippen LogP contribution in [0.5, 0.6) is 0 Å². The molecule has 3 aromatic rings. The van der Waals surface area contributed by atoms with Gasteiger partial charge in [0, 0.05) is 28.9 Å². The normalized spacial score (nSPS) is 27.6. The Morgan fingerprint density at radius 2 is 1.66 bits per heavy atom. The molecule has 2 heterocycles. The van der Waals surface area contributed by atoms with Gasteiger partial charge < -0.3 is 31.3 Å². The van der Waals surface area contributed by atoms with Crippen LogP contribution in [0.2, 0.25) is 0 Å². The van der Waals surface area contributed by atoms with E-state index >= 15 is 0 Å². The Morgan fingerprint density at radius 1 is 1.03 bits per heavy atom. The van der Waals surface area contributed by atoms with Gasteiger partial charge in [-0.3, -0.25) is 0 Å². The highest BCUT2D eigenvalue weighted by atomic mass is 79.9. The topological polar surface area (TPSA) is 46.5 Å². The Labute approximate surface area is 203 Å². The molecule has 0 bridgehead atoms. The molecule has 1 N–H and O–H groups in total. The van der Waals surface area contributed by atoms with E-state index in [9.17, 15) is 9.90 Å². The van der Waals surface area contributed by atoms with Crippen molar-refractivity contribution >= 4 is 17.3 Å². The van der Waals surface area contributed by atoms with Crippen LogP contribution in [0.1, 0.15) is 16.0 Å². The van der Waals surface area contributed by atoms with Crippen LogP contribution in [-0.2, 0) is 21.7 Å². The van der Waals surface area contributed by atoms with Crippen LogP contribution < -0.4 is 17.0 Å². The quantitative estimate of drug-likeness (QED) is 0.379. The average molecular weight is 514 g/mol. The molecular formula is C26H28BrNO3S. The summed E-state index contributed by atoms with van der Waals surface area (Å²) < 4.78 is 6.79. The first-order chi connectivity index (χ1) is 15.0. The Morgan fingerprint density at radius 3 is 2.25 bits per heavy atom. The summed E-state index contributed by atoms with van der Waals surface area (Å²) in [6.45, 7) is 3.68. The number of quaternary nitrogens is 1. The first-order valence-electron chi connectivity index (χ1n) is 10.9. The molecule has 2 fully saturated rings. The number of carbonyl (C=O) groups excluding carboxylic acids is 1. The van der Waals surface area contributed by atoms with Crippen molar-refractivity contribution in [2.24, 2.45) is 17.8 Å². The average Bonchev–Trinajstić information content (AvgIpc) is 3.17. The van der Waals surface area contributed by atoms with Crippen LogP contribution in [-0.4, -0.2) is 42.3 Å². The molecular weight excluding hydrogens is 486 g/mol. The summed E-state index contributed by atoms with van der Waals surface area (Å²) in [7, 11) is 2.33. The van der Waals surface area contributed by atoms with Gasteiger partial charge in [-0.2, -0.15) is 0 Å². The molecule has 1 saturated carbocycles. The maximum absolute atomic E-state index is 13.1. The van der Waals surface area contributed by atoms with E-state index in [0.717, 1.165) is 24.1 Å².